The number of hydrogen-bond donors (Lipinski definition) is 1. The van der Waals surface area contributed by atoms with Crippen LogP contribution in [0.4, 0.5) is 5.82 Å². The van der Waals surface area contributed by atoms with Crippen LogP contribution in [0, 0.1) is 0 Å². The van der Waals surface area contributed by atoms with E-state index in [0.717, 1.165) is 30.3 Å². The number of rotatable bonds is 3. The van der Waals surface area contributed by atoms with Crippen molar-refractivity contribution in [2.24, 2.45) is 0 Å². The van der Waals surface area contributed by atoms with Gasteiger partial charge in [0.2, 0.25) is 0 Å². The normalized spacial score (nSPS) is 11.7. The molecule has 1 heterocycles. The van der Waals surface area contributed by atoms with Gasteiger partial charge >= 0.3 is 0 Å². The molecule has 0 saturated heterocycles. The zero-order valence-electron chi connectivity index (χ0n) is 10.2. The lowest BCUT2D eigenvalue weighted by Crippen LogP contribution is -2.15. The van der Waals surface area contributed by atoms with Gasteiger partial charge in [0.15, 0.2) is 0 Å². The van der Waals surface area contributed by atoms with E-state index in [1.54, 1.807) is 0 Å². The van der Waals surface area contributed by atoms with Crippen molar-refractivity contribution < 1.29 is 0 Å². The summed E-state index contributed by atoms with van der Waals surface area (Å²) in [6.07, 6.45) is 2.75. The summed E-state index contributed by atoms with van der Waals surface area (Å²) in [6.45, 7) is 13.0. The lowest BCUT2D eigenvalue weighted by Gasteiger charge is -2.16. The SMILES string of the molecule is C=CCn1c(CC)nc(C(C)(C)C)c1N. The number of hydrogen-bond acceptors (Lipinski definition) is 2. The Hall–Kier alpha value is -1.25. The van der Waals surface area contributed by atoms with Gasteiger partial charge in [-0.2, -0.15) is 0 Å². The predicted molar refractivity (Wildman–Crippen MR) is 64.9 cm³/mol. The molecule has 1 aromatic rings. The van der Waals surface area contributed by atoms with Crippen LogP contribution in [0.15, 0.2) is 12.7 Å². The maximum atomic E-state index is 6.10. The molecule has 0 radical (unpaired) electrons. The quantitative estimate of drug-likeness (QED) is 0.774. The van der Waals surface area contributed by atoms with E-state index >= 15 is 0 Å². The maximum Gasteiger partial charge on any atom is 0.127 e. The Morgan fingerprint density at radius 1 is 1.47 bits per heavy atom. The summed E-state index contributed by atoms with van der Waals surface area (Å²) in [5.74, 6) is 1.82. The highest BCUT2D eigenvalue weighted by Crippen LogP contribution is 2.28. The third-order valence-electron chi connectivity index (χ3n) is 2.42. The molecule has 3 nitrogen and oxygen atoms in total. The molecule has 84 valence electrons. The molecule has 0 aliphatic carbocycles. The van der Waals surface area contributed by atoms with Crippen LogP contribution in [-0.4, -0.2) is 9.55 Å². The van der Waals surface area contributed by atoms with Gasteiger partial charge in [-0.25, -0.2) is 4.98 Å². The second kappa shape index (κ2) is 4.09. The van der Waals surface area contributed by atoms with Crippen molar-refractivity contribution in [3.8, 4) is 0 Å². The van der Waals surface area contributed by atoms with E-state index in [0.29, 0.717) is 0 Å². The van der Waals surface area contributed by atoms with Gasteiger partial charge in [0.05, 0.1) is 5.69 Å². The number of nitrogens with zero attached hydrogens (tertiary/aromatic N) is 2. The molecule has 0 atom stereocenters. The standard InChI is InChI=1S/C12H21N3/c1-6-8-15-9(7-2)14-10(11(15)13)12(3,4)5/h6H,1,7-8,13H2,2-5H3. The van der Waals surface area contributed by atoms with Crippen molar-refractivity contribution in [3.63, 3.8) is 0 Å². The smallest absolute Gasteiger partial charge is 0.127 e. The molecule has 2 N–H and O–H groups in total. The molecular weight excluding hydrogens is 186 g/mol. The number of imidazole rings is 1. The number of allylic oxidation sites excluding steroid dienone is 1. The van der Waals surface area contributed by atoms with Gasteiger partial charge in [-0.15, -0.1) is 6.58 Å². The minimum Gasteiger partial charge on any atom is -0.384 e. The monoisotopic (exact) mass is 207 g/mol. The molecule has 0 fully saturated rings. The van der Waals surface area contributed by atoms with Gasteiger partial charge in [0.25, 0.3) is 0 Å². The first-order valence-electron chi connectivity index (χ1n) is 5.38. The second-order valence-corrected chi connectivity index (χ2v) is 4.76. The lowest BCUT2D eigenvalue weighted by atomic mass is 9.92. The highest BCUT2D eigenvalue weighted by Gasteiger charge is 2.23. The largest absolute Gasteiger partial charge is 0.384 e. The van der Waals surface area contributed by atoms with Crippen LogP contribution in [-0.2, 0) is 18.4 Å². The Labute approximate surface area is 92.0 Å². The predicted octanol–water partition coefficient (Wildman–Crippen LogP) is 2.51. The fraction of sp³-hybridized carbons (Fsp3) is 0.583. The van der Waals surface area contributed by atoms with E-state index in [1.807, 2.05) is 10.6 Å². The number of nitrogens with two attached hydrogens (primary N) is 1. The van der Waals surface area contributed by atoms with E-state index in [1.165, 1.54) is 0 Å². The average Bonchev–Trinajstić information content (AvgIpc) is 2.44. The van der Waals surface area contributed by atoms with E-state index < -0.39 is 0 Å². The highest BCUT2D eigenvalue weighted by atomic mass is 15.1. The molecular formula is C12H21N3. The summed E-state index contributed by atoms with van der Waals surface area (Å²) < 4.78 is 2.04. The van der Waals surface area contributed by atoms with Crippen LogP contribution < -0.4 is 5.73 Å². The van der Waals surface area contributed by atoms with Gasteiger partial charge in [-0.1, -0.05) is 33.8 Å². The van der Waals surface area contributed by atoms with Gasteiger partial charge < -0.3 is 10.3 Å². The van der Waals surface area contributed by atoms with Crippen molar-refractivity contribution >= 4 is 5.82 Å². The third-order valence-corrected chi connectivity index (χ3v) is 2.42. The number of nitrogen functional groups attached to an aromatic ring is 1. The van der Waals surface area contributed by atoms with E-state index in [4.69, 9.17) is 5.73 Å². The van der Waals surface area contributed by atoms with E-state index in [-0.39, 0.29) is 5.41 Å². The zero-order chi connectivity index (χ0) is 11.6. The Kier molecular flexibility index (Phi) is 3.22. The molecule has 15 heavy (non-hydrogen) atoms. The first-order chi connectivity index (χ1) is 6.91. The molecule has 0 unspecified atom stereocenters. The summed E-state index contributed by atoms with van der Waals surface area (Å²) >= 11 is 0. The van der Waals surface area contributed by atoms with Gasteiger partial charge in [-0.3, -0.25) is 0 Å². The molecule has 0 amide bonds. The fourth-order valence-corrected chi connectivity index (χ4v) is 1.67. The Morgan fingerprint density at radius 2 is 2.07 bits per heavy atom. The summed E-state index contributed by atoms with van der Waals surface area (Å²) in [5.41, 5.74) is 7.09. The Morgan fingerprint density at radius 3 is 2.47 bits per heavy atom. The highest BCUT2D eigenvalue weighted by molar-refractivity contribution is 5.42. The molecule has 1 aromatic heterocycles. The van der Waals surface area contributed by atoms with Crippen molar-refractivity contribution in [3.05, 3.63) is 24.2 Å². The number of anilines is 1. The fourth-order valence-electron chi connectivity index (χ4n) is 1.67. The molecule has 0 bridgehead atoms. The minimum atomic E-state index is 0.000420. The van der Waals surface area contributed by atoms with Crippen LogP contribution in [0.5, 0.6) is 0 Å². The van der Waals surface area contributed by atoms with Gasteiger partial charge in [-0.05, 0) is 0 Å². The van der Waals surface area contributed by atoms with Crippen LogP contribution in [0.1, 0.15) is 39.2 Å². The van der Waals surface area contributed by atoms with Crippen LogP contribution in [0.25, 0.3) is 0 Å². The molecule has 0 aliphatic rings. The van der Waals surface area contributed by atoms with Gasteiger partial charge in [0.1, 0.15) is 11.6 Å². The molecule has 0 aromatic carbocycles. The van der Waals surface area contributed by atoms with Crippen LogP contribution in [0.2, 0.25) is 0 Å². The molecule has 1 rings (SSSR count). The van der Waals surface area contributed by atoms with Gasteiger partial charge in [0, 0.05) is 18.4 Å². The molecule has 0 aliphatic heterocycles. The number of aryl methyl sites for hydroxylation is 1. The zero-order valence-corrected chi connectivity index (χ0v) is 10.2. The number of aromatic nitrogens is 2. The topological polar surface area (TPSA) is 43.8 Å². The van der Waals surface area contributed by atoms with Crippen molar-refractivity contribution in [2.45, 2.75) is 46.1 Å². The van der Waals surface area contributed by atoms with Crippen LogP contribution in [0.3, 0.4) is 0 Å². The molecule has 3 heteroatoms. The summed E-state index contributed by atoms with van der Waals surface area (Å²) in [6, 6.07) is 0. The minimum absolute atomic E-state index is 0.000420. The van der Waals surface area contributed by atoms with Crippen molar-refractivity contribution in [2.75, 3.05) is 5.73 Å². The Balaban J connectivity index is 3.27. The van der Waals surface area contributed by atoms with Crippen molar-refractivity contribution in [1.29, 1.82) is 0 Å². The first kappa shape index (κ1) is 11.8. The maximum absolute atomic E-state index is 6.10. The molecule has 0 saturated carbocycles. The van der Waals surface area contributed by atoms with Crippen LogP contribution >= 0.6 is 0 Å². The first-order valence-corrected chi connectivity index (χ1v) is 5.38. The van der Waals surface area contributed by atoms with E-state index in [9.17, 15) is 0 Å². The summed E-state index contributed by atoms with van der Waals surface area (Å²) in [4.78, 5) is 4.61. The molecule has 0 spiro atoms. The average molecular weight is 207 g/mol. The summed E-state index contributed by atoms with van der Waals surface area (Å²) in [5, 5.41) is 0. The van der Waals surface area contributed by atoms with E-state index in [2.05, 4.69) is 39.3 Å². The lowest BCUT2D eigenvalue weighted by molar-refractivity contribution is 0.573. The summed E-state index contributed by atoms with van der Waals surface area (Å²) in [7, 11) is 0. The van der Waals surface area contributed by atoms with Crippen molar-refractivity contribution in [1.82, 2.24) is 9.55 Å². The third kappa shape index (κ3) is 2.22. The second-order valence-electron chi connectivity index (χ2n) is 4.76. The Bertz CT molecular complexity index is 356.